The number of fused-ring (bicyclic) bond motifs is 1. The quantitative estimate of drug-likeness (QED) is 0.699. The van der Waals surface area contributed by atoms with Gasteiger partial charge in [0, 0.05) is 5.56 Å². The standard InChI is InChI=1S/C14H9ClN2O2S/c15-11-4-2-1-3-9(11)12(18)7-17-8-16-13-10(14(17)19)5-6-20-13/h1-6,8H,7H2. The first-order valence-electron chi connectivity index (χ1n) is 5.87. The highest BCUT2D eigenvalue weighted by Crippen LogP contribution is 2.17. The number of aromatic nitrogens is 2. The van der Waals surface area contributed by atoms with E-state index in [9.17, 15) is 9.59 Å². The number of carbonyl (C=O) groups excluding carboxylic acids is 1. The summed E-state index contributed by atoms with van der Waals surface area (Å²) in [4.78, 5) is 29.2. The van der Waals surface area contributed by atoms with E-state index in [4.69, 9.17) is 11.6 Å². The molecular formula is C14H9ClN2O2S. The Balaban J connectivity index is 1.97. The minimum absolute atomic E-state index is 0.0681. The van der Waals surface area contributed by atoms with Gasteiger partial charge in [-0.25, -0.2) is 4.98 Å². The van der Waals surface area contributed by atoms with E-state index in [1.165, 1.54) is 22.2 Å². The van der Waals surface area contributed by atoms with E-state index in [1.807, 2.05) is 0 Å². The van der Waals surface area contributed by atoms with Crippen LogP contribution in [0.1, 0.15) is 10.4 Å². The molecule has 0 unspecified atom stereocenters. The van der Waals surface area contributed by atoms with Crippen LogP contribution in [0.4, 0.5) is 0 Å². The van der Waals surface area contributed by atoms with Crippen LogP contribution >= 0.6 is 22.9 Å². The van der Waals surface area contributed by atoms with E-state index < -0.39 is 0 Å². The van der Waals surface area contributed by atoms with Crippen molar-refractivity contribution in [2.45, 2.75) is 6.54 Å². The molecule has 0 atom stereocenters. The molecule has 0 N–H and O–H groups in total. The highest BCUT2D eigenvalue weighted by molar-refractivity contribution is 7.16. The summed E-state index contributed by atoms with van der Waals surface area (Å²) in [6.07, 6.45) is 1.40. The van der Waals surface area contributed by atoms with Gasteiger partial charge in [0.1, 0.15) is 4.83 Å². The number of carbonyl (C=O) groups is 1. The number of hydrogen-bond acceptors (Lipinski definition) is 4. The molecule has 0 bridgehead atoms. The Labute approximate surface area is 123 Å². The van der Waals surface area contributed by atoms with Crippen molar-refractivity contribution in [3.8, 4) is 0 Å². The Kier molecular flexibility index (Phi) is 3.38. The molecule has 3 rings (SSSR count). The van der Waals surface area contributed by atoms with Crippen LogP contribution < -0.4 is 5.56 Å². The van der Waals surface area contributed by atoms with Crippen LogP contribution in [-0.4, -0.2) is 15.3 Å². The average molecular weight is 305 g/mol. The second-order valence-electron chi connectivity index (χ2n) is 4.22. The van der Waals surface area contributed by atoms with Gasteiger partial charge in [-0.2, -0.15) is 0 Å². The Morgan fingerprint density at radius 3 is 2.90 bits per heavy atom. The van der Waals surface area contributed by atoms with Crippen LogP contribution in [0.15, 0.2) is 46.8 Å². The third kappa shape index (κ3) is 2.26. The van der Waals surface area contributed by atoms with Gasteiger partial charge in [-0.3, -0.25) is 14.2 Å². The van der Waals surface area contributed by atoms with Gasteiger partial charge in [-0.1, -0.05) is 23.7 Å². The highest BCUT2D eigenvalue weighted by atomic mass is 35.5. The molecule has 0 radical (unpaired) electrons. The van der Waals surface area contributed by atoms with Gasteiger partial charge in [0.15, 0.2) is 5.78 Å². The van der Waals surface area contributed by atoms with E-state index in [0.29, 0.717) is 20.8 Å². The molecule has 1 aromatic carbocycles. The molecule has 3 aromatic rings. The minimum Gasteiger partial charge on any atom is -0.292 e. The predicted octanol–water partition coefficient (Wildman–Crippen LogP) is 2.99. The molecule has 0 fully saturated rings. The molecule has 0 aliphatic heterocycles. The van der Waals surface area contributed by atoms with Gasteiger partial charge in [0.05, 0.1) is 23.3 Å². The number of thiophene rings is 1. The summed E-state index contributed by atoms with van der Waals surface area (Å²) in [7, 11) is 0. The largest absolute Gasteiger partial charge is 0.292 e. The van der Waals surface area contributed by atoms with Gasteiger partial charge in [-0.15, -0.1) is 11.3 Å². The summed E-state index contributed by atoms with van der Waals surface area (Å²) in [5.74, 6) is -0.214. The van der Waals surface area contributed by atoms with Gasteiger partial charge >= 0.3 is 0 Å². The van der Waals surface area contributed by atoms with Crippen molar-refractivity contribution < 1.29 is 4.79 Å². The SMILES string of the molecule is O=C(Cn1cnc2sccc2c1=O)c1ccccc1Cl. The van der Waals surface area contributed by atoms with E-state index in [-0.39, 0.29) is 17.9 Å². The highest BCUT2D eigenvalue weighted by Gasteiger charge is 2.12. The molecule has 100 valence electrons. The summed E-state index contributed by atoms with van der Waals surface area (Å²) in [5, 5.41) is 2.72. The van der Waals surface area contributed by atoms with Gasteiger partial charge in [0.2, 0.25) is 0 Å². The van der Waals surface area contributed by atoms with Crippen molar-refractivity contribution in [1.29, 1.82) is 0 Å². The molecule has 6 heteroatoms. The topological polar surface area (TPSA) is 52.0 Å². The number of nitrogens with zero attached hydrogens (tertiary/aromatic N) is 2. The van der Waals surface area contributed by atoms with Gasteiger partial charge in [0.25, 0.3) is 5.56 Å². The van der Waals surface area contributed by atoms with Crippen molar-refractivity contribution in [3.05, 3.63) is 63.0 Å². The van der Waals surface area contributed by atoms with Gasteiger partial charge < -0.3 is 0 Å². The monoisotopic (exact) mass is 304 g/mol. The Morgan fingerprint density at radius 2 is 2.10 bits per heavy atom. The van der Waals surface area contributed by atoms with Crippen LogP contribution in [0, 0.1) is 0 Å². The zero-order chi connectivity index (χ0) is 14.1. The average Bonchev–Trinajstić information content (AvgIpc) is 2.91. The number of Topliss-reactive ketones (excluding diaryl/α,β-unsaturated/α-hetero) is 1. The Bertz CT molecular complexity index is 854. The lowest BCUT2D eigenvalue weighted by atomic mass is 10.1. The van der Waals surface area contributed by atoms with Crippen LogP contribution in [0.2, 0.25) is 5.02 Å². The molecule has 0 spiro atoms. The molecule has 2 heterocycles. The lowest BCUT2D eigenvalue weighted by Crippen LogP contribution is -2.24. The summed E-state index contributed by atoms with van der Waals surface area (Å²) in [6.45, 7) is -0.0681. The molecular weight excluding hydrogens is 296 g/mol. The van der Waals surface area contributed by atoms with Crippen LogP contribution in [-0.2, 0) is 6.54 Å². The zero-order valence-corrected chi connectivity index (χ0v) is 11.8. The number of rotatable bonds is 3. The minimum atomic E-state index is -0.214. The predicted molar refractivity (Wildman–Crippen MR) is 79.7 cm³/mol. The zero-order valence-electron chi connectivity index (χ0n) is 10.2. The maximum absolute atomic E-state index is 12.2. The second kappa shape index (κ2) is 5.19. The Hall–Kier alpha value is -1.98. The number of benzene rings is 1. The van der Waals surface area contributed by atoms with Crippen molar-refractivity contribution in [1.82, 2.24) is 9.55 Å². The summed E-state index contributed by atoms with van der Waals surface area (Å²) in [5.41, 5.74) is 0.197. The van der Waals surface area contributed by atoms with Crippen molar-refractivity contribution >= 4 is 38.9 Å². The second-order valence-corrected chi connectivity index (χ2v) is 5.52. The number of halogens is 1. The fourth-order valence-electron chi connectivity index (χ4n) is 1.93. The van der Waals surface area contributed by atoms with E-state index in [1.54, 1.807) is 35.7 Å². The Morgan fingerprint density at radius 1 is 1.30 bits per heavy atom. The van der Waals surface area contributed by atoms with Crippen LogP contribution in [0.3, 0.4) is 0 Å². The summed E-state index contributed by atoms with van der Waals surface area (Å²) >= 11 is 7.38. The molecule has 20 heavy (non-hydrogen) atoms. The molecule has 0 amide bonds. The fraction of sp³-hybridized carbons (Fsp3) is 0.0714. The van der Waals surface area contributed by atoms with Gasteiger partial charge in [-0.05, 0) is 23.6 Å². The molecule has 4 nitrogen and oxygen atoms in total. The van der Waals surface area contributed by atoms with E-state index in [2.05, 4.69) is 4.98 Å². The molecule has 0 aliphatic carbocycles. The maximum atomic E-state index is 12.2. The lowest BCUT2D eigenvalue weighted by molar-refractivity contribution is 0.0971. The van der Waals surface area contributed by atoms with E-state index >= 15 is 0 Å². The normalized spacial score (nSPS) is 10.8. The van der Waals surface area contributed by atoms with Crippen molar-refractivity contribution in [3.63, 3.8) is 0 Å². The smallest absolute Gasteiger partial charge is 0.262 e. The third-order valence-electron chi connectivity index (χ3n) is 2.94. The first-order valence-corrected chi connectivity index (χ1v) is 7.13. The lowest BCUT2D eigenvalue weighted by Gasteiger charge is -2.06. The molecule has 0 aliphatic rings. The number of ketones is 1. The number of hydrogen-bond donors (Lipinski definition) is 0. The maximum Gasteiger partial charge on any atom is 0.262 e. The van der Waals surface area contributed by atoms with E-state index in [0.717, 1.165) is 0 Å². The third-order valence-corrected chi connectivity index (χ3v) is 4.09. The summed E-state index contributed by atoms with van der Waals surface area (Å²) < 4.78 is 1.31. The first-order chi connectivity index (χ1) is 9.66. The van der Waals surface area contributed by atoms with Crippen LogP contribution in [0.5, 0.6) is 0 Å². The fourth-order valence-corrected chi connectivity index (χ4v) is 2.90. The first kappa shape index (κ1) is 13.0. The van der Waals surface area contributed by atoms with Crippen molar-refractivity contribution in [2.75, 3.05) is 0 Å². The van der Waals surface area contributed by atoms with Crippen LogP contribution in [0.25, 0.3) is 10.2 Å². The molecule has 0 saturated heterocycles. The molecule has 2 aromatic heterocycles. The van der Waals surface area contributed by atoms with Crippen molar-refractivity contribution in [2.24, 2.45) is 0 Å². The molecule has 0 saturated carbocycles. The summed E-state index contributed by atoms with van der Waals surface area (Å²) in [6, 6.07) is 8.50.